The predicted octanol–water partition coefficient (Wildman–Crippen LogP) is 2.50. The van der Waals surface area contributed by atoms with Crippen LogP contribution in [0.15, 0.2) is 18.2 Å². The number of carbonyl (C=O) groups is 1. The third-order valence-electron chi connectivity index (χ3n) is 4.86. The van der Waals surface area contributed by atoms with Gasteiger partial charge in [-0.1, -0.05) is 25.0 Å². The van der Waals surface area contributed by atoms with Gasteiger partial charge in [0.2, 0.25) is 5.91 Å². The molecule has 1 saturated carbocycles. The fourth-order valence-electron chi connectivity index (χ4n) is 3.42. The van der Waals surface area contributed by atoms with Gasteiger partial charge < -0.3 is 15.3 Å². The average Bonchev–Trinajstić information content (AvgIpc) is 3.20. The number of thioether (sulfide) groups is 1. The van der Waals surface area contributed by atoms with Crippen LogP contribution in [0.4, 0.5) is 5.69 Å². The fraction of sp³-hybridized carbons (Fsp3) is 0.611. The normalized spacial score (nSPS) is 19.0. The highest BCUT2D eigenvalue weighted by Crippen LogP contribution is 2.30. The van der Waals surface area contributed by atoms with Crippen molar-refractivity contribution >= 4 is 23.4 Å². The van der Waals surface area contributed by atoms with Crippen molar-refractivity contribution in [1.82, 2.24) is 5.32 Å². The van der Waals surface area contributed by atoms with E-state index in [9.17, 15) is 9.90 Å². The van der Waals surface area contributed by atoms with E-state index in [1.165, 1.54) is 36.9 Å². The van der Waals surface area contributed by atoms with Crippen LogP contribution in [0.5, 0.6) is 0 Å². The van der Waals surface area contributed by atoms with Gasteiger partial charge in [0.25, 0.3) is 0 Å². The number of anilines is 1. The minimum atomic E-state index is -0.633. The lowest BCUT2D eigenvalue weighted by molar-refractivity contribution is -0.119. The summed E-state index contributed by atoms with van der Waals surface area (Å²) in [4.78, 5) is 14.1. The van der Waals surface area contributed by atoms with E-state index < -0.39 is 6.10 Å². The Bertz CT molecular complexity index is 558. The van der Waals surface area contributed by atoms with Crippen molar-refractivity contribution in [3.8, 4) is 0 Å². The zero-order valence-electron chi connectivity index (χ0n) is 13.8. The molecule has 1 aliphatic heterocycles. The maximum Gasteiger partial charge on any atom is 0.230 e. The van der Waals surface area contributed by atoms with Gasteiger partial charge in [-0.2, -0.15) is 0 Å². The number of carbonyl (C=O) groups excluding carboxylic acids is 1. The molecular formula is C18H26N2O2S. The molecule has 3 rings (SSSR count). The second kappa shape index (κ2) is 7.58. The molecule has 0 unspecified atom stereocenters. The summed E-state index contributed by atoms with van der Waals surface area (Å²) >= 11 is 1.76. The predicted molar refractivity (Wildman–Crippen MR) is 96.1 cm³/mol. The highest BCUT2D eigenvalue weighted by atomic mass is 32.2. The molecule has 1 heterocycles. The molecule has 1 fully saturated rings. The summed E-state index contributed by atoms with van der Waals surface area (Å²) in [5.41, 5.74) is 3.42. The molecule has 0 spiro atoms. The summed E-state index contributed by atoms with van der Waals surface area (Å²) in [6.07, 6.45) is 5.47. The number of fused-ring (bicyclic) bond motifs is 1. The number of nitrogens with one attached hydrogen (secondary N) is 1. The number of aliphatic hydroxyl groups is 1. The molecule has 1 aromatic rings. The van der Waals surface area contributed by atoms with E-state index in [-0.39, 0.29) is 5.91 Å². The van der Waals surface area contributed by atoms with Crippen LogP contribution in [-0.4, -0.2) is 42.2 Å². The summed E-state index contributed by atoms with van der Waals surface area (Å²) in [6.45, 7) is 1.32. The molecule has 1 aliphatic carbocycles. The van der Waals surface area contributed by atoms with Gasteiger partial charge in [-0.15, -0.1) is 11.8 Å². The summed E-state index contributed by atoms with van der Waals surface area (Å²) in [5, 5.41) is 13.8. The van der Waals surface area contributed by atoms with Gasteiger partial charge >= 0.3 is 0 Å². The van der Waals surface area contributed by atoms with Crippen LogP contribution in [0.1, 0.15) is 42.9 Å². The maximum absolute atomic E-state index is 11.9. The van der Waals surface area contributed by atoms with Crippen molar-refractivity contribution < 1.29 is 9.90 Å². The van der Waals surface area contributed by atoms with Gasteiger partial charge in [0.05, 0.1) is 11.9 Å². The molecule has 4 nitrogen and oxygen atoms in total. The summed E-state index contributed by atoms with van der Waals surface area (Å²) < 4.78 is 0. The van der Waals surface area contributed by atoms with E-state index in [1.54, 1.807) is 11.8 Å². The Morgan fingerprint density at radius 1 is 1.43 bits per heavy atom. The van der Waals surface area contributed by atoms with Gasteiger partial charge in [0.1, 0.15) is 0 Å². The van der Waals surface area contributed by atoms with E-state index in [1.807, 2.05) is 6.07 Å². The molecule has 1 aromatic carbocycles. The van der Waals surface area contributed by atoms with Crippen LogP contribution in [-0.2, 0) is 11.2 Å². The quantitative estimate of drug-likeness (QED) is 0.839. The zero-order chi connectivity index (χ0) is 16.2. The lowest BCUT2D eigenvalue weighted by atomic mass is 10.0. The van der Waals surface area contributed by atoms with Crippen LogP contribution < -0.4 is 10.2 Å². The second-order valence-electron chi connectivity index (χ2n) is 6.60. The van der Waals surface area contributed by atoms with Crippen molar-refractivity contribution in [3.05, 3.63) is 29.3 Å². The number of likely N-dealkylation sites (N-methyl/N-ethyl adjacent to an activating group) is 1. The SMILES string of the molecule is CN1CCc2cc([C@@H](O)CNC(=O)CSC3CCCC3)ccc21. The lowest BCUT2D eigenvalue weighted by Crippen LogP contribution is -2.30. The van der Waals surface area contributed by atoms with E-state index in [0.29, 0.717) is 17.5 Å². The number of aliphatic hydroxyl groups excluding tert-OH is 1. The smallest absolute Gasteiger partial charge is 0.230 e. The van der Waals surface area contributed by atoms with Crippen LogP contribution >= 0.6 is 11.8 Å². The standard InChI is InChI=1S/C18H26N2O2S/c1-20-9-8-13-10-14(6-7-16(13)20)17(21)11-19-18(22)12-23-15-4-2-3-5-15/h6-7,10,15,17,21H,2-5,8-9,11-12H2,1H3,(H,19,22)/t17-/m0/s1. The fourth-order valence-corrected chi connectivity index (χ4v) is 4.58. The topological polar surface area (TPSA) is 52.6 Å². The van der Waals surface area contributed by atoms with Gasteiger partial charge in [0.15, 0.2) is 0 Å². The summed E-state index contributed by atoms with van der Waals surface area (Å²) in [5.74, 6) is 0.536. The van der Waals surface area contributed by atoms with Crippen molar-refractivity contribution in [1.29, 1.82) is 0 Å². The van der Waals surface area contributed by atoms with Crippen molar-refractivity contribution in [2.75, 3.05) is 30.8 Å². The lowest BCUT2D eigenvalue weighted by Gasteiger charge is -2.16. The molecule has 0 bridgehead atoms. The first-order valence-corrected chi connectivity index (χ1v) is 9.58. The molecule has 1 amide bonds. The van der Waals surface area contributed by atoms with Gasteiger partial charge in [-0.05, 0) is 36.5 Å². The monoisotopic (exact) mass is 334 g/mol. The minimum absolute atomic E-state index is 0.0295. The Hall–Kier alpha value is -1.20. The van der Waals surface area contributed by atoms with E-state index in [4.69, 9.17) is 0 Å². The highest BCUT2D eigenvalue weighted by molar-refractivity contribution is 8.00. The first-order valence-electron chi connectivity index (χ1n) is 8.54. The largest absolute Gasteiger partial charge is 0.387 e. The molecular weight excluding hydrogens is 308 g/mol. The molecule has 2 aliphatic rings. The van der Waals surface area contributed by atoms with Crippen molar-refractivity contribution in [2.45, 2.75) is 43.5 Å². The number of hydrogen-bond acceptors (Lipinski definition) is 4. The number of benzene rings is 1. The van der Waals surface area contributed by atoms with Crippen LogP contribution in [0.25, 0.3) is 0 Å². The van der Waals surface area contributed by atoms with E-state index in [0.717, 1.165) is 18.5 Å². The number of rotatable bonds is 6. The number of amides is 1. The minimum Gasteiger partial charge on any atom is -0.387 e. The Kier molecular flexibility index (Phi) is 5.49. The Morgan fingerprint density at radius 3 is 3.00 bits per heavy atom. The van der Waals surface area contributed by atoms with Crippen molar-refractivity contribution in [2.24, 2.45) is 0 Å². The Balaban J connectivity index is 1.45. The molecule has 1 atom stereocenters. The number of hydrogen-bond donors (Lipinski definition) is 2. The second-order valence-corrected chi connectivity index (χ2v) is 7.89. The first kappa shape index (κ1) is 16.7. The van der Waals surface area contributed by atoms with Crippen LogP contribution in [0, 0.1) is 0 Å². The molecule has 2 N–H and O–H groups in total. The van der Waals surface area contributed by atoms with Crippen LogP contribution in [0.2, 0.25) is 0 Å². The van der Waals surface area contributed by atoms with E-state index in [2.05, 4.69) is 29.4 Å². The Labute approximate surface area is 142 Å². The van der Waals surface area contributed by atoms with Crippen LogP contribution in [0.3, 0.4) is 0 Å². The maximum atomic E-state index is 11.9. The highest BCUT2D eigenvalue weighted by Gasteiger charge is 2.19. The van der Waals surface area contributed by atoms with Gasteiger partial charge in [-0.25, -0.2) is 0 Å². The first-order chi connectivity index (χ1) is 11.1. The molecule has 23 heavy (non-hydrogen) atoms. The summed E-state index contributed by atoms with van der Waals surface area (Å²) in [6, 6.07) is 6.10. The number of nitrogens with zero attached hydrogens (tertiary/aromatic N) is 1. The molecule has 0 radical (unpaired) electrons. The third kappa shape index (κ3) is 4.21. The summed E-state index contributed by atoms with van der Waals surface area (Å²) in [7, 11) is 2.09. The molecule has 0 aromatic heterocycles. The third-order valence-corrected chi connectivity index (χ3v) is 6.23. The van der Waals surface area contributed by atoms with Gasteiger partial charge in [-0.3, -0.25) is 4.79 Å². The van der Waals surface area contributed by atoms with Gasteiger partial charge in [0, 0.05) is 31.1 Å². The average molecular weight is 334 g/mol. The Morgan fingerprint density at radius 2 is 2.22 bits per heavy atom. The van der Waals surface area contributed by atoms with Crippen molar-refractivity contribution in [3.63, 3.8) is 0 Å². The molecule has 0 saturated heterocycles. The molecule has 5 heteroatoms. The van der Waals surface area contributed by atoms with E-state index >= 15 is 0 Å². The zero-order valence-corrected chi connectivity index (χ0v) is 14.6. The molecule has 126 valence electrons.